The van der Waals surface area contributed by atoms with Crippen LogP contribution in [0.4, 0.5) is 0 Å². The third-order valence-electron chi connectivity index (χ3n) is 4.70. The molecule has 26 heavy (non-hydrogen) atoms. The molecule has 2 heterocycles. The summed E-state index contributed by atoms with van der Waals surface area (Å²) >= 11 is 0. The first kappa shape index (κ1) is 18.1. The number of likely N-dealkylation sites (N-methyl/N-ethyl adjacent to an activating group) is 1. The number of oxazole rings is 1. The number of piperazine rings is 1. The summed E-state index contributed by atoms with van der Waals surface area (Å²) in [6.07, 6.45) is 2.24. The van der Waals surface area contributed by atoms with Crippen LogP contribution in [0.15, 0.2) is 41.0 Å². The molecule has 3 rings (SSSR count). The van der Waals surface area contributed by atoms with Gasteiger partial charge in [0.1, 0.15) is 12.3 Å². The summed E-state index contributed by atoms with van der Waals surface area (Å²) < 4.78 is 5.13. The Morgan fingerprint density at radius 1 is 1.27 bits per heavy atom. The summed E-state index contributed by atoms with van der Waals surface area (Å²) in [4.78, 5) is 32.9. The molecule has 0 spiro atoms. The standard InChI is InChI=1S/C19H24N4O3/c1-14-21-16(13-26-14)19(25)23-11-10-22(17(12-23)18(24)20-2)9-8-15-6-4-3-5-7-15/h3-7,13,17H,8-12H2,1-2H3,(H,20,24)/t17-/m1/s1. The van der Waals surface area contributed by atoms with Crippen molar-refractivity contribution < 1.29 is 14.0 Å². The zero-order valence-electron chi connectivity index (χ0n) is 15.1. The fraction of sp³-hybridized carbons (Fsp3) is 0.421. The maximum atomic E-state index is 12.6. The molecular formula is C19H24N4O3. The summed E-state index contributed by atoms with van der Waals surface area (Å²) in [7, 11) is 1.62. The molecule has 0 radical (unpaired) electrons. The van der Waals surface area contributed by atoms with Gasteiger partial charge in [-0.25, -0.2) is 4.98 Å². The van der Waals surface area contributed by atoms with Crippen LogP contribution in [-0.2, 0) is 11.2 Å². The first-order valence-electron chi connectivity index (χ1n) is 8.79. The van der Waals surface area contributed by atoms with Crippen LogP contribution in [0.5, 0.6) is 0 Å². The van der Waals surface area contributed by atoms with E-state index in [-0.39, 0.29) is 23.6 Å². The van der Waals surface area contributed by atoms with Gasteiger partial charge >= 0.3 is 0 Å². The molecule has 7 nitrogen and oxygen atoms in total. The summed E-state index contributed by atoms with van der Waals surface area (Å²) in [5.74, 6) is 0.183. The van der Waals surface area contributed by atoms with Crippen LogP contribution in [0.25, 0.3) is 0 Å². The highest BCUT2D eigenvalue weighted by Gasteiger charge is 2.34. The van der Waals surface area contributed by atoms with Gasteiger partial charge in [0.25, 0.3) is 5.91 Å². The number of nitrogens with one attached hydrogen (secondary N) is 1. The average Bonchev–Trinajstić information content (AvgIpc) is 3.12. The number of benzene rings is 1. The van der Waals surface area contributed by atoms with Crippen LogP contribution in [0.2, 0.25) is 0 Å². The van der Waals surface area contributed by atoms with Crippen LogP contribution in [0.3, 0.4) is 0 Å². The van der Waals surface area contributed by atoms with Gasteiger partial charge in [-0.05, 0) is 12.0 Å². The quantitative estimate of drug-likeness (QED) is 0.868. The van der Waals surface area contributed by atoms with Crippen LogP contribution in [0, 0.1) is 6.92 Å². The van der Waals surface area contributed by atoms with Crippen LogP contribution in [0.1, 0.15) is 21.9 Å². The maximum absolute atomic E-state index is 12.6. The molecule has 2 aromatic rings. The molecule has 0 saturated carbocycles. The number of rotatable bonds is 5. The Balaban J connectivity index is 1.67. The zero-order chi connectivity index (χ0) is 18.5. The number of aryl methyl sites for hydroxylation is 1. The van der Waals surface area contributed by atoms with E-state index in [0.29, 0.717) is 25.5 Å². The number of carbonyl (C=O) groups excluding carboxylic acids is 2. The van der Waals surface area contributed by atoms with E-state index in [1.165, 1.54) is 11.8 Å². The average molecular weight is 356 g/mol. The van der Waals surface area contributed by atoms with Gasteiger partial charge in [0.2, 0.25) is 5.91 Å². The van der Waals surface area contributed by atoms with E-state index < -0.39 is 0 Å². The molecule has 1 aliphatic rings. The topological polar surface area (TPSA) is 78.7 Å². The highest BCUT2D eigenvalue weighted by Crippen LogP contribution is 2.15. The van der Waals surface area contributed by atoms with Gasteiger partial charge in [0, 0.05) is 40.2 Å². The predicted octanol–water partition coefficient (Wildman–Crippen LogP) is 1.10. The lowest BCUT2D eigenvalue weighted by Gasteiger charge is -2.40. The Kier molecular flexibility index (Phi) is 5.68. The number of carbonyl (C=O) groups is 2. The van der Waals surface area contributed by atoms with Gasteiger partial charge in [-0.3, -0.25) is 14.5 Å². The SMILES string of the molecule is CNC(=O)[C@H]1CN(C(=O)c2coc(C)n2)CCN1CCc1ccccc1. The molecular weight excluding hydrogens is 332 g/mol. The third-order valence-corrected chi connectivity index (χ3v) is 4.70. The Bertz CT molecular complexity index is 759. The molecule has 0 aliphatic carbocycles. The van der Waals surface area contributed by atoms with Gasteiger partial charge in [0.15, 0.2) is 11.6 Å². The molecule has 138 valence electrons. The van der Waals surface area contributed by atoms with Crippen LogP contribution in [-0.4, -0.2) is 65.9 Å². The second kappa shape index (κ2) is 8.14. The molecule has 1 fully saturated rings. The second-order valence-corrected chi connectivity index (χ2v) is 6.40. The maximum Gasteiger partial charge on any atom is 0.275 e. The molecule has 1 aliphatic heterocycles. The number of aromatic nitrogens is 1. The van der Waals surface area contributed by atoms with Crippen molar-refractivity contribution in [1.82, 2.24) is 20.1 Å². The fourth-order valence-electron chi connectivity index (χ4n) is 3.23. The molecule has 1 aromatic heterocycles. The van der Waals surface area contributed by atoms with Crippen molar-refractivity contribution in [2.24, 2.45) is 0 Å². The Labute approximate surface area is 153 Å². The molecule has 1 atom stereocenters. The largest absolute Gasteiger partial charge is 0.448 e. The van der Waals surface area contributed by atoms with E-state index in [1.807, 2.05) is 18.2 Å². The minimum absolute atomic E-state index is 0.0769. The van der Waals surface area contributed by atoms with E-state index >= 15 is 0 Å². The van der Waals surface area contributed by atoms with Crippen molar-refractivity contribution in [3.8, 4) is 0 Å². The number of amides is 2. The highest BCUT2D eigenvalue weighted by molar-refractivity contribution is 5.93. The van der Waals surface area contributed by atoms with Gasteiger partial charge in [-0.1, -0.05) is 30.3 Å². The summed E-state index contributed by atoms with van der Waals surface area (Å²) in [5, 5.41) is 2.71. The zero-order valence-corrected chi connectivity index (χ0v) is 15.1. The minimum atomic E-state index is -0.366. The summed E-state index contributed by atoms with van der Waals surface area (Å²) in [6, 6.07) is 9.83. The normalized spacial score (nSPS) is 17.9. The van der Waals surface area contributed by atoms with Crippen molar-refractivity contribution >= 4 is 11.8 Å². The summed E-state index contributed by atoms with van der Waals surface area (Å²) in [6.45, 7) is 4.03. The highest BCUT2D eigenvalue weighted by atomic mass is 16.3. The fourth-order valence-corrected chi connectivity index (χ4v) is 3.23. The van der Waals surface area contributed by atoms with Gasteiger partial charge < -0.3 is 14.6 Å². The molecule has 1 aromatic carbocycles. The van der Waals surface area contributed by atoms with Crippen molar-refractivity contribution in [3.05, 3.63) is 53.7 Å². The predicted molar refractivity (Wildman–Crippen MR) is 96.7 cm³/mol. The van der Waals surface area contributed by atoms with E-state index in [4.69, 9.17) is 4.42 Å². The Morgan fingerprint density at radius 2 is 2.04 bits per heavy atom. The van der Waals surface area contributed by atoms with Gasteiger partial charge in [-0.15, -0.1) is 0 Å². The first-order chi connectivity index (χ1) is 12.6. The smallest absolute Gasteiger partial charge is 0.275 e. The molecule has 7 heteroatoms. The monoisotopic (exact) mass is 356 g/mol. The summed E-state index contributed by atoms with van der Waals surface area (Å²) in [5.41, 5.74) is 1.52. The van der Waals surface area contributed by atoms with E-state index in [2.05, 4.69) is 27.3 Å². The van der Waals surface area contributed by atoms with Crippen molar-refractivity contribution in [2.75, 3.05) is 33.2 Å². The Hall–Kier alpha value is -2.67. The van der Waals surface area contributed by atoms with Crippen LogP contribution >= 0.6 is 0 Å². The molecule has 2 amide bonds. The number of hydrogen-bond acceptors (Lipinski definition) is 5. The lowest BCUT2D eigenvalue weighted by molar-refractivity contribution is -0.127. The van der Waals surface area contributed by atoms with Crippen LogP contribution < -0.4 is 5.32 Å². The lowest BCUT2D eigenvalue weighted by atomic mass is 10.1. The number of hydrogen-bond donors (Lipinski definition) is 1. The van der Waals surface area contributed by atoms with Gasteiger partial charge in [-0.2, -0.15) is 0 Å². The van der Waals surface area contributed by atoms with Crippen molar-refractivity contribution in [3.63, 3.8) is 0 Å². The number of nitrogens with zero attached hydrogens (tertiary/aromatic N) is 3. The molecule has 1 saturated heterocycles. The van der Waals surface area contributed by atoms with Crippen molar-refractivity contribution in [1.29, 1.82) is 0 Å². The van der Waals surface area contributed by atoms with E-state index in [0.717, 1.165) is 13.0 Å². The third kappa shape index (κ3) is 4.11. The minimum Gasteiger partial charge on any atom is -0.448 e. The lowest BCUT2D eigenvalue weighted by Crippen LogP contribution is -2.60. The Morgan fingerprint density at radius 3 is 2.69 bits per heavy atom. The first-order valence-corrected chi connectivity index (χ1v) is 8.79. The molecule has 1 N–H and O–H groups in total. The van der Waals surface area contributed by atoms with Gasteiger partial charge in [0.05, 0.1) is 0 Å². The molecule has 0 bridgehead atoms. The van der Waals surface area contributed by atoms with Crippen molar-refractivity contribution in [2.45, 2.75) is 19.4 Å². The molecule has 0 unspecified atom stereocenters. The van der Waals surface area contributed by atoms with E-state index in [1.54, 1.807) is 18.9 Å². The second-order valence-electron chi connectivity index (χ2n) is 6.40. The van der Waals surface area contributed by atoms with E-state index in [9.17, 15) is 9.59 Å².